The number of aromatic nitrogens is 1. The lowest BCUT2D eigenvalue weighted by Gasteiger charge is -2.33. The molecule has 0 aliphatic carbocycles. The van der Waals surface area contributed by atoms with Gasteiger partial charge in [-0.15, -0.1) is 0 Å². The third-order valence-corrected chi connectivity index (χ3v) is 4.89. The van der Waals surface area contributed by atoms with Crippen molar-refractivity contribution < 1.29 is 4.79 Å². The van der Waals surface area contributed by atoms with E-state index < -0.39 is 0 Å². The van der Waals surface area contributed by atoms with Crippen LogP contribution in [-0.2, 0) is 4.79 Å². The van der Waals surface area contributed by atoms with Crippen LogP contribution in [0.3, 0.4) is 0 Å². The lowest BCUT2D eigenvalue weighted by Crippen LogP contribution is -2.48. The Bertz CT molecular complexity index is 708. The highest BCUT2D eigenvalue weighted by Crippen LogP contribution is 2.31. The maximum atomic E-state index is 11.4. The summed E-state index contributed by atoms with van der Waals surface area (Å²) in [5.41, 5.74) is 1.74. The Kier molecular flexibility index (Phi) is 4.07. The van der Waals surface area contributed by atoms with Gasteiger partial charge in [0.1, 0.15) is 0 Å². The quantitative estimate of drug-likeness (QED) is 0.854. The predicted octanol–water partition coefficient (Wildman–Crippen LogP) is 2.35. The summed E-state index contributed by atoms with van der Waals surface area (Å²) in [5, 5.41) is 9.83. The molecule has 2 heterocycles. The molecule has 1 aromatic heterocycles. The summed E-state index contributed by atoms with van der Waals surface area (Å²) in [6, 6.07) is 9.66. The molecule has 5 nitrogen and oxygen atoms in total. The van der Waals surface area contributed by atoms with E-state index in [2.05, 4.69) is 16.0 Å². The molecule has 1 aliphatic heterocycles. The SMILES string of the molecule is CC(=O)N1CCN(c2ncc(-c3ccc(C#N)cc3)s2)CC1. The minimum absolute atomic E-state index is 0.136. The van der Waals surface area contributed by atoms with Gasteiger partial charge in [0.25, 0.3) is 0 Å². The molecule has 22 heavy (non-hydrogen) atoms. The first-order chi connectivity index (χ1) is 10.7. The largest absolute Gasteiger partial charge is 0.345 e. The highest BCUT2D eigenvalue weighted by atomic mass is 32.1. The van der Waals surface area contributed by atoms with Gasteiger partial charge in [-0.3, -0.25) is 4.79 Å². The lowest BCUT2D eigenvalue weighted by molar-refractivity contribution is -0.129. The molecule has 0 spiro atoms. The molecule has 1 amide bonds. The topological polar surface area (TPSA) is 60.2 Å². The van der Waals surface area contributed by atoms with E-state index in [1.165, 1.54) is 0 Å². The van der Waals surface area contributed by atoms with Gasteiger partial charge < -0.3 is 9.80 Å². The Hall–Kier alpha value is -2.39. The molecular weight excluding hydrogens is 296 g/mol. The Morgan fingerprint density at radius 1 is 1.23 bits per heavy atom. The molecule has 0 saturated carbocycles. The van der Waals surface area contributed by atoms with E-state index in [-0.39, 0.29) is 5.91 Å². The Morgan fingerprint density at radius 3 is 2.50 bits per heavy atom. The van der Waals surface area contributed by atoms with Crippen molar-refractivity contribution in [3.05, 3.63) is 36.0 Å². The van der Waals surface area contributed by atoms with Crippen molar-refractivity contribution in [1.29, 1.82) is 5.26 Å². The third-order valence-electron chi connectivity index (χ3n) is 3.79. The fourth-order valence-corrected chi connectivity index (χ4v) is 3.44. The molecule has 1 aliphatic rings. The van der Waals surface area contributed by atoms with E-state index >= 15 is 0 Å². The van der Waals surface area contributed by atoms with Crippen molar-refractivity contribution in [3.8, 4) is 16.5 Å². The Morgan fingerprint density at radius 2 is 1.91 bits per heavy atom. The number of carbonyl (C=O) groups excluding carboxylic acids is 1. The zero-order chi connectivity index (χ0) is 15.5. The van der Waals surface area contributed by atoms with Crippen molar-refractivity contribution >= 4 is 22.4 Å². The summed E-state index contributed by atoms with van der Waals surface area (Å²) in [5.74, 6) is 0.136. The van der Waals surface area contributed by atoms with Gasteiger partial charge in [0.15, 0.2) is 5.13 Å². The number of nitrogens with zero attached hydrogens (tertiary/aromatic N) is 4. The number of hydrogen-bond acceptors (Lipinski definition) is 5. The number of rotatable bonds is 2. The number of hydrogen-bond donors (Lipinski definition) is 0. The van der Waals surface area contributed by atoms with Crippen LogP contribution in [0.25, 0.3) is 10.4 Å². The molecule has 1 fully saturated rings. The summed E-state index contributed by atoms with van der Waals surface area (Å²) < 4.78 is 0. The van der Waals surface area contributed by atoms with Crippen molar-refractivity contribution in [3.63, 3.8) is 0 Å². The Labute approximate surface area is 133 Å². The normalized spacial score (nSPS) is 14.7. The van der Waals surface area contributed by atoms with Crippen molar-refractivity contribution in [1.82, 2.24) is 9.88 Å². The van der Waals surface area contributed by atoms with Crippen LogP contribution in [0.2, 0.25) is 0 Å². The van der Waals surface area contributed by atoms with Crippen LogP contribution in [0.1, 0.15) is 12.5 Å². The molecule has 1 saturated heterocycles. The van der Waals surface area contributed by atoms with Crippen LogP contribution in [0, 0.1) is 11.3 Å². The number of thiazole rings is 1. The maximum absolute atomic E-state index is 11.4. The fourth-order valence-electron chi connectivity index (χ4n) is 2.47. The summed E-state index contributed by atoms with van der Waals surface area (Å²) in [4.78, 5) is 21.0. The first kappa shape index (κ1) is 14.5. The number of carbonyl (C=O) groups is 1. The van der Waals surface area contributed by atoms with Crippen LogP contribution in [0.5, 0.6) is 0 Å². The molecule has 0 N–H and O–H groups in total. The second kappa shape index (κ2) is 6.16. The van der Waals surface area contributed by atoms with Gasteiger partial charge in [0, 0.05) is 39.3 Å². The third kappa shape index (κ3) is 2.95. The second-order valence-electron chi connectivity index (χ2n) is 5.19. The number of anilines is 1. The number of benzene rings is 1. The van der Waals surface area contributed by atoms with Gasteiger partial charge in [-0.2, -0.15) is 5.26 Å². The summed E-state index contributed by atoms with van der Waals surface area (Å²) in [6.07, 6.45) is 1.87. The van der Waals surface area contributed by atoms with E-state index in [0.29, 0.717) is 5.56 Å². The molecular formula is C16H16N4OS. The predicted molar refractivity (Wildman–Crippen MR) is 86.7 cm³/mol. The van der Waals surface area contributed by atoms with Crippen molar-refractivity contribution in [2.75, 3.05) is 31.1 Å². The molecule has 0 bridgehead atoms. The molecule has 0 atom stereocenters. The molecule has 0 radical (unpaired) electrons. The first-order valence-corrected chi connectivity index (χ1v) is 7.96. The van der Waals surface area contributed by atoms with Gasteiger partial charge in [-0.1, -0.05) is 23.5 Å². The van der Waals surface area contributed by atoms with E-state index in [9.17, 15) is 4.79 Å². The van der Waals surface area contributed by atoms with Gasteiger partial charge in [0.2, 0.25) is 5.91 Å². The van der Waals surface area contributed by atoms with Crippen molar-refractivity contribution in [2.24, 2.45) is 0 Å². The van der Waals surface area contributed by atoms with Gasteiger partial charge >= 0.3 is 0 Å². The zero-order valence-electron chi connectivity index (χ0n) is 12.3. The van der Waals surface area contributed by atoms with Crippen LogP contribution < -0.4 is 4.90 Å². The standard InChI is InChI=1S/C16H16N4OS/c1-12(21)19-6-8-20(9-7-19)16-18-11-15(22-16)14-4-2-13(10-17)3-5-14/h2-5,11H,6-9H2,1H3. The number of piperazine rings is 1. The zero-order valence-corrected chi connectivity index (χ0v) is 13.1. The van der Waals surface area contributed by atoms with Crippen LogP contribution >= 0.6 is 11.3 Å². The van der Waals surface area contributed by atoms with E-state index in [1.54, 1.807) is 18.3 Å². The average molecular weight is 312 g/mol. The molecule has 2 aromatic rings. The van der Waals surface area contributed by atoms with Crippen LogP contribution in [-0.4, -0.2) is 42.0 Å². The molecule has 112 valence electrons. The lowest BCUT2D eigenvalue weighted by atomic mass is 10.1. The van der Waals surface area contributed by atoms with Crippen molar-refractivity contribution in [2.45, 2.75) is 6.92 Å². The number of amides is 1. The van der Waals surface area contributed by atoms with Gasteiger partial charge in [-0.05, 0) is 17.7 Å². The highest BCUT2D eigenvalue weighted by molar-refractivity contribution is 7.18. The summed E-state index contributed by atoms with van der Waals surface area (Å²) in [7, 11) is 0. The fraction of sp³-hybridized carbons (Fsp3) is 0.312. The highest BCUT2D eigenvalue weighted by Gasteiger charge is 2.20. The van der Waals surface area contributed by atoms with E-state index in [1.807, 2.05) is 35.4 Å². The minimum Gasteiger partial charge on any atom is -0.345 e. The van der Waals surface area contributed by atoms with Crippen LogP contribution in [0.4, 0.5) is 5.13 Å². The molecule has 1 aromatic carbocycles. The van der Waals surface area contributed by atoms with E-state index in [0.717, 1.165) is 41.8 Å². The molecule has 3 rings (SSSR count). The summed E-state index contributed by atoms with van der Waals surface area (Å²) in [6.45, 7) is 4.75. The summed E-state index contributed by atoms with van der Waals surface area (Å²) >= 11 is 1.64. The van der Waals surface area contributed by atoms with Crippen LogP contribution in [0.15, 0.2) is 30.5 Å². The van der Waals surface area contributed by atoms with Gasteiger partial charge in [0.05, 0.1) is 16.5 Å². The minimum atomic E-state index is 0.136. The maximum Gasteiger partial charge on any atom is 0.219 e. The van der Waals surface area contributed by atoms with Gasteiger partial charge in [-0.25, -0.2) is 4.98 Å². The average Bonchev–Trinajstić information content (AvgIpc) is 3.05. The smallest absolute Gasteiger partial charge is 0.219 e. The Balaban J connectivity index is 1.71. The van der Waals surface area contributed by atoms with E-state index in [4.69, 9.17) is 5.26 Å². The second-order valence-corrected chi connectivity index (χ2v) is 6.20. The first-order valence-electron chi connectivity index (χ1n) is 7.14. The number of nitriles is 1. The molecule has 6 heteroatoms. The monoisotopic (exact) mass is 312 g/mol. The molecule has 0 unspecified atom stereocenters.